The monoisotopic (exact) mass is 266 g/mol. The predicted octanol–water partition coefficient (Wildman–Crippen LogP) is 3.43. The molecule has 0 amide bonds. The quantitative estimate of drug-likeness (QED) is 0.833. The van der Waals surface area contributed by atoms with Gasteiger partial charge in [0.05, 0.1) is 5.69 Å². The third-order valence-electron chi connectivity index (χ3n) is 3.11. The molecular formula is C16H18N4. The van der Waals surface area contributed by atoms with E-state index < -0.39 is 0 Å². The van der Waals surface area contributed by atoms with Gasteiger partial charge in [-0.1, -0.05) is 54.5 Å². The molecule has 0 saturated carbocycles. The first-order valence-corrected chi connectivity index (χ1v) is 6.83. The van der Waals surface area contributed by atoms with Crippen molar-refractivity contribution in [1.29, 1.82) is 5.26 Å². The number of hydrogen-bond acceptors (Lipinski definition) is 3. The topological polar surface area (TPSA) is 54.5 Å². The molecule has 1 heterocycles. The van der Waals surface area contributed by atoms with E-state index in [0.717, 1.165) is 30.6 Å². The van der Waals surface area contributed by atoms with Gasteiger partial charge in [-0.2, -0.15) is 5.26 Å². The second kappa shape index (κ2) is 6.67. The van der Waals surface area contributed by atoms with Crippen molar-refractivity contribution in [3.8, 4) is 6.07 Å². The second-order valence-corrected chi connectivity index (χ2v) is 4.76. The van der Waals surface area contributed by atoms with Gasteiger partial charge in [0.2, 0.25) is 0 Å². The van der Waals surface area contributed by atoms with E-state index in [0.29, 0.717) is 5.69 Å². The van der Waals surface area contributed by atoms with Gasteiger partial charge in [0.1, 0.15) is 6.07 Å². The summed E-state index contributed by atoms with van der Waals surface area (Å²) in [5.74, 6) is 0. The summed E-state index contributed by atoms with van der Waals surface area (Å²) >= 11 is 0. The molecule has 1 aromatic carbocycles. The molecule has 0 aliphatic carbocycles. The molecule has 4 nitrogen and oxygen atoms in total. The van der Waals surface area contributed by atoms with E-state index >= 15 is 0 Å². The minimum atomic E-state index is 0.379. The highest BCUT2D eigenvalue weighted by Crippen LogP contribution is 2.12. The zero-order chi connectivity index (χ0) is 14.4. The molecule has 0 fully saturated rings. The lowest BCUT2D eigenvalue weighted by Crippen LogP contribution is -2.02. The zero-order valence-corrected chi connectivity index (χ0v) is 11.9. The number of nitriles is 1. The summed E-state index contributed by atoms with van der Waals surface area (Å²) in [5, 5.41) is 17.0. The van der Waals surface area contributed by atoms with E-state index in [1.165, 1.54) is 5.56 Å². The highest BCUT2D eigenvalue weighted by molar-refractivity contribution is 5.70. The van der Waals surface area contributed by atoms with Gasteiger partial charge >= 0.3 is 0 Å². The molecule has 1 aromatic heterocycles. The maximum Gasteiger partial charge on any atom is 0.190 e. The number of rotatable bonds is 5. The van der Waals surface area contributed by atoms with Gasteiger partial charge < -0.3 is 0 Å². The van der Waals surface area contributed by atoms with Crippen LogP contribution in [-0.2, 0) is 6.54 Å². The predicted molar refractivity (Wildman–Crippen MR) is 79.8 cm³/mol. The van der Waals surface area contributed by atoms with Crippen molar-refractivity contribution < 1.29 is 0 Å². The average molecular weight is 266 g/mol. The molecule has 4 heteroatoms. The number of benzene rings is 1. The van der Waals surface area contributed by atoms with E-state index in [1.807, 2.05) is 12.2 Å². The van der Waals surface area contributed by atoms with Gasteiger partial charge in [-0.3, -0.25) is 0 Å². The maximum atomic E-state index is 9.09. The van der Waals surface area contributed by atoms with Crippen molar-refractivity contribution in [2.75, 3.05) is 0 Å². The van der Waals surface area contributed by atoms with Crippen LogP contribution in [0.4, 0.5) is 0 Å². The number of nitrogens with zero attached hydrogens (tertiary/aromatic N) is 4. The molecule has 102 valence electrons. The fraction of sp³-hybridized carbons (Fsp3) is 0.312. The molecule has 0 aliphatic heterocycles. The minimum absolute atomic E-state index is 0.379. The molecule has 0 atom stereocenters. The van der Waals surface area contributed by atoms with Crippen molar-refractivity contribution >= 4 is 12.2 Å². The Kier molecular flexibility index (Phi) is 4.67. The SMILES string of the molecule is CCCCn1nnc(C#N)c1/C=C/c1ccc(C)cc1. The van der Waals surface area contributed by atoms with Gasteiger partial charge in [-0.15, -0.1) is 5.10 Å². The van der Waals surface area contributed by atoms with Crippen LogP contribution in [0.25, 0.3) is 12.2 Å². The van der Waals surface area contributed by atoms with Crippen molar-refractivity contribution in [3.05, 3.63) is 46.8 Å². The van der Waals surface area contributed by atoms with Crippen molar-refractivity contribution in [2.45, 2.75) is 33.2 Å². The Bertz CT molecular complexity index is 629. The van der Waals surface area contributed by atoms with Gasteiger partial charge in [0, 0.05) is 6.54 Å². The summed E-state index contributed by atoms with van der Waals surface area (Å²) in [6.45, 7) is 4.98. The second-order valence-electron chi connectivity index (χ2n) is 4.76. The van der Waals surface area contributed by atoms with Gasteiger partial charge in [-0.25, -0.2) is 4.68 Å². The molecular weight excluding hydrogens is 248 g/mol. The molecule has 0 radical (unpaired) electrons. The summed E-state index contributed by atoms with van der Waals surface area (Å²) in [6.07, 6.45) is 6.02. The van der Waals surface area contributed by atoms with Gasteiger partial charge in [-0.05, 0) is 25.0 Å². The minimum Gasteiger partial charge on any atom is -0.244 e. The van der Waals surface area contributed by atoms with E-state index in [9.17, 15) is 0 Å². The zero-order valence-electron chi connectivity index (χ0n) is 11.9. The third kappa shape index (κ3) is 3.33. The number of aryl methyl sites for hydroxylation is 2. The number of hydrogen-bond donors (Lipinski definition) is 0. The molecule has 0 N–H and O–H groups in total. The Morgan fingerprint density at radius 2 is 2.00 bits per heavy atom. The third-order valence-corrected chi connectivity index (χ3v) is 3.11. The van der Waals surface area contributed by atoms with Crippen molar-refractivity contribution in [1.82, 2.24) is 15.0 Å². The van der Waals surface area contributed by atoms with E-state index in [1.54, 1.807) is 4.68 Å². The summed E-state index contributed by atoms with van der Waals surface area (Å²) in [7, 11) is 0. The van der Waals surface area contributed by atoms with Crippen LogP contribution in [0.5, 0.6) is 0 Å². The first-order chi connectivity index (χ1) is 9.74. The van der Waals surface area contributed by atoms with Crippen LogP contribution < -0.4 is 0 Å². The summed E-state index contributed by atoms with van der Waals surface area (Å²) in [6, 6.07) is 10.3. The van der Waals surface area contributed by atoms with E-state index in [-0.39, 0.29) is 0 Å². The molecule has 0 saturated heterocycles. The highest BCUT2D eigenvalue weighted by atomic mass is 15.4. The Hall–Kier alpha value is -2.41. The lowest BCUT2D eigenvalue weighted by molar-refractivity contribution is 0.549. The summed E-state index contributed by atoms with van der Waals surface area (Å²) in [4.78, 5) is 0. The molecule has 0 spiro atoms. The molecule has 2 aromatic rings. The Labute approximate surface area is 119 Å². The first-order valence-electron chi connectivity index (χ1n) is 6.83. The highest BCUT2D eigenvalue weighted by Gasteiger charge is 2.08. The largest absolute Gasteiger partial charge is 0.244 e. The lowest BCUT2D eigenvalue weighted by atomic mass is 10.1. The molecule has 20 heavy (non-hydrogen) atoms. The Morgan fingerprint density at radius 3 is 2.65 bits per heavy atom. The Balaban J connectivity index is 2.25. The normalized spacial score (nSPS) is 10.8. The van der Waals surface area contributed by atoms with E-state index in [4.69, 9.17) is 5.26 Å². The van der Waals surface area contributed by atoms with Crippen LogP contribution in [0.2, 0.25) is 0 Å². The van der Waals surface area contributed by atoms with Crippen molar-refractivity contribution in [2.24, 2.45) is 0 Å². The number of unbranched alkanes of at least 4 members (excludes halogenated alkanes) is 1. The van der Waals surface area contributed by atoms with Crippen LogP contribution >= 0.6 is 0 Å². The Morgan fingerprint density at radius 1 is 1.25 bits per heavy atom. The van der Waals surface area contributed by atoms with Crippen LogP contribution in [-0.4, -0.2) is 15.0 Å². The fourth-order valence-electron chi connectivity index (χ4n) is 1.89. The van der Waals surface area contributed by atoms with Crippen LogP contribution in [0, 0.1) is 18.3 Å². The first kappa shape index (κ1) is 14.0. The van der Waals surface area contributed by atoms with E-state index in [2.05, 4.69) is 54.5 Å². The molecule has 0 aliphatic rings. The molecule has 2 rings (SSSR count). The van der Waals surface area contributed by atoms with Crippen molar-refractivity contribution in [3.63, 3.8) is 0 Å². The smallest absolute Gasteiger partial charge is 0.190 e. The number of aromatic nitrogens is 3. The average Bonchev–Trinajstić information content (AvgIpc) is 2.86. The van der Waals surface area contributed by atoms with Crippen LogP contribution in [0.1, 0.15) is 42.3 Å². The fourth-order valence-corrected chi connectivity index (χ4v) is 1.89. The van der Waals surface area contributed by atoms with Crippen LogP contribution in [0.3, 0.4) is 0 Å². The summed E-state index contributed by atoms with van der Waals surface area (Å²) in [5.41, 5.74) is 3.49. The molecule has 0 bridgehead atoms. The molecule has 0 unspecified atom stereocenters. The van der Waals surface area contributed by atoms with Gasteiger partial charge in [0.25, 0.3) is 0 Å². The lowest BCUT2D eigenvalue weighted by Gasteiger charge is -2.01. The van der Waals surface area contributed by atoms with Gasteiger partial charge in [0.15, 0.2) is 5.69 Å². The standard InChI is InChI=1S/C16H18N4/c1-3-4-11-20-16(15(12-17)18-19-20)10-9-14-7-5-13(2)6-8-14/h5-10H,3-4,11H2,1-2H3/b10-9+. The van der Waals surface area contributed by atoms with Crippen LogP contribution in [0.15, 0.2) is 24.3 Å². The summed E-state index contributed by atoms with van der Waals surface area (Å²) < 4.78 is 1.80. The maximum absolute atomic E-state index is 9.09.